The van der Waals surface area contributed by atoms with Crippen molar-refractivity contribution in [3.05, 3.63) is 41.4 Å². The van der Waals surface area contributed by atoms with Crippen LogP contribution in [0, 0.1) is 0 Å². The largest absolute Gasteiger partial charge is 0.478 e. The van der Waals surface area contributed by atoms with E-state index in [0.717, 1.165) is 43.0 Å². The zero-order chi connectivity index (χ0) is 22.1. The highest BCUT2D eigenvalue weighted by atomic mass is 35.5. The van der Waals surface area contributed by atoms with E-state index in [1.165, 1.54) is 0 Å². The third-order valence-electron chi connectivity index (χ3n) is 4.19. The van der Waals surface area contributed by atoms with Gasteiger partial charge in [-0.15, -0.1) is 10.2 Å². The highest BCUT2D eigenvalue weighted by Crippen LogP contribution is 2.32. The number of anilines is 1. The lowest BCUT2D eigenvalue weighted by molar-refractivity contribution is -0.134. The van der Waals surface area contributed by atoms with Crippen molar-refractivity contribution in [3.63, 3.8) is 0 Å². The van der Waals surface area contributed by atoms with Crippen LogP contribution >= 0.6 is 11.6 Å². The van der Waals surface area contributed by atoms with Crippen molar-refractivity contribution in [1.29, 1.82) is 0 Å². The second-order valence-electron chi connectivity index (χ2n) is 6.12. The second kappa shape index (κ2) is 11.1. The van der Waals surface area contributed by atoms with Gasteiger partial charge < -0.3 is 24.8 Å². The summed E-state index contributed by atoms with van der Waals surface area (Å²) in [5.41, 5.74) is 2.13. The first-order valence-electron chi connectivity index (χ1n) is 9.30. The molecule has 0 aliphatic rings. The number of hydrogen-bond donors (Lipinski definition) is 3. The van der Waals surface area contributed by atoms with Gasteiger partial charge in [-0.1, -0.05) is 31.5 Å². The fourth-order valence-corrected chi connectivity index (χ4v) is 2.93. The van der Waals surface area contributed by atoms with Crippen molar-refractivity contribution >= 4 is 51.4 Å². The molecule has 10 heteroatoms. The summed E-state index contributed by atoms with van der Waals surface area (Å²) in [6.45, 7) is 8.21. The number of furan rings is 1. The van der Waals surface area contributed by atoms with Gasteiger partial charge in [-0.05, 0) is 25.2 Å². The molecule has 30 heavy (non-hydrogen) atoms. The molecule has 0 spiro atoms. The molecule has 0 atom stereocenters. The van der Waals surface area contributed by atoms with Crippen molar-refractivity contribution < 1.29 is 24.2 Å². The molecule has 3 rings (SSSR count). The maximum Gasteiger partial charge on any atom is 0.328 e. The standard InChI is InChI=1S/C16H19ClN4O.C4H4O4/c1-3-21(4-2)9-8-18-14-10-13-16(20-19-14)15-11(17)6-5-7-12(15)22-13;5-3(6)1-2-4(7)8/h5-7,10H,3-4,8-9H2,1-2H3,(H,18,19);1-2H,(H,5,6)(H,7,8). The predicted octanol–water partition coefficient (Wildman–Crippen LogP) is 3.49. The Balaban J connectivity index is 0.000000343. The molecular weight excluding hydrogens is 412 g/mol. The summed E-state index contributed by atoms with van der Waals surface area (Å²) in [6.07, 6.45) is 1.12. The predicted molar refractivity (Wildman–Crippen MR) is 115 cm³/mol. The Hall–Kier alpha value is -3.17. The molecule has 0 saturated heterocycles. The number of halogens is 1. The molecule has 3 N–H and O–H groups in total. The number of aromatic nitrogens is 2. The fourth-order valence-electron chi connectivity index (χ4n) is 2.67. The number of hydrogen-bond acceptors (Lipinski definition) is 7. The average Bonchev–Trinajstić information content (AvgIpc) is 3.09. The molecule has 2 heterocycles. The van der Waals surface area contributed by atoms with Gasteiger partial charge in [0.25, 0.3) is 0 Å². The molecule has 2 aromatic heterocycles. The Morgan fingerprint density at radius 3 is 2.40 bits per heavy atom. The maximum absolute atomic E-state index is 9.55. The molecule has 0 aliphatic carbocycles. The van der Waals surface area contributed by atoms with Crippen LogP contribution in [0.3, 0.4) is 0 Å². The minimum atomic E-state index is -1.26. The van der Waals surface area contributed by atoms with E-state index in [4.69, 9.17) is 26.2 Å². The van der Waals surface area contributed by atoms with E-state index in [0.29, 0.717) is 28.3 Å². The second-order valence-corrected chi connectivity index (χ2v) is 6.53. The van der Waals surface area contributed by atoms with Crippen molar-refractivity contribution in [1.82, 2.24) is 15.1 Å². The molecule has 160 valence electrons. The van der Waals surface area contributed by atoms with E-state index >= 15 is 0 Å². The molecule has 1 aromatic carbocycles. The highest BCUT2D eigenvalue weighted by Gasteiger charge is 2.12. The summed E-state index contributed by atoms with van der Waals surface area (Å²) in [4.78, 5) is 21.5. The summed E-state index contributed by atoms with van der Waals surface area (Å²) < 4.78 is 5.81. The van der Waals surface area contributed by atoms with E-state index in [-0.39, 0.29) is 0 Å². The lowest BCUT2D eigenvalue weighted by Gasteiger charge is -2.17. The normalized spacial score (nSPS) is 11.1. The number of rotatable bonds is 8. The van der Waals surface area contributed by atoms with Crippen LogP contribution in [0.5, 0.6) is 0 Å². The minimum absolute atomic E-state index is 0.558. The van der Waals surface area contributed by atoms with Gasteiger partial charge in [0.1, 0.15) is 11.1 Å². The number of likely N-dealkylation sites (N-methyl/N-ethyl adjacent to an activating group) is 1. The van der Waals surface area contributed by atoms with Crippen LogP contribution in [-0.4, -0.2) is 63.4 Å². The van der Waals surface area contributed by atoms with Crippen molar-refractivity contribution in [2.45, 2.75) is 13.8 Å². The zero-order valence-corrected chi connectivity index (χ0v) is 17.4. The molecule has 0 saturated carbocycles. The molecular formula is C20H23ClN4O5. The Kier molecular flexibility index (Phi) is 8.57. The van der Waals surface area contributed by atoms with Gasteiger partial charge in [0.15, 0.2) is 11.4 Å². The van der Waals surface area contributed by atoms with Crippen LogP contribution in [0.4, 0.5) is 5.82 Å². The van der Waals surface area contributed by atoms with Crippen molar-refractivity contribution in [2.75, 3.05) is 31.5 Å². The van der Waals surface area contributed by atoms with Crippen LogP contribution in [0.2, 0.25) is 5.02 Å². The van der Waals surface area contributed by atoms with Crippen LogP contribution in [0.1, 0.15) is 13.8 Å². The number of fused-ring (bicyclic) bond motifs is 3. The van der Waals surface area contributed by atoms with Gasteiger partial charge in [-0.25, -0.2) is 9.59 Å². The molecule has 0 bridgehead atoms. The minimum Gasteiger partial charge on any atom is -0.478 e. The number of nitrogens with zero attached hydrogens (tertiary/aromatic N) is 3. The monoisotopic (exact) mass is 434 g/mol. The first-order valence-corrected chi connectivity index (χ1v) is 9.68. The summed E-state index contributed by atoms with van der Waals surface area (Å²) >= 11 is 6.22. The lowest BCUT2D eigenvalue weighted by Crippen LogP contribution is -2.28. The quantitative estimate of drug-likeness (QED) is 0.456. The SMILES string of the molecule is CCN(CC)CCNc1cc2oc3cccc(Cl)c3c2nn1.O=C(O)C=CC(=O)O. The zero-order valence-electron chi connectivity index (χ0n) is 16.6. The molecule has 3 aromatic rings. The molecule has 0 aliphatic heterocycles. The molecule has 0 radical (unpaired) electrons. The Morgan fingerprint density at radius 2 is 1.80 bits per heavy atom. The lowest BCUT2D eigenvalue weighted by atomic mass is 10.2. The number of benzene rings is 1. The van der Waals surface area contributed by atoms with Gasteiger partial charge in [-0.3, -0.25) is 0 Å². The number of aliphatic carboxylic acids is 2. The molecule has 0 amide bonds. The van der Waals surface area contributed by atoms with Crippen molar-refractivity contribution in [3.8, 4) is 0 Å². The summed E-state index contributed by atoms with van der Waals surface area (Å²) in [5.74, 6) is -1.80. The Labute approximate surface area is 177 Å². The molecule has 0 unspecified atom stereocenters. The first kappa shape index (κ1) is 23.1. The van der Waals surface area contributed by atoms with E-state index in [2.05, 4.69) is 34.3 Å². The highest BCUT2D eigenvalue weighted by molar-refractivity contribution is 6.37. The van der Waals surface area contributed by atoms with E-state index in [1.54, 1.807) is 0 Å². The topological polar surface area (TPSA) is 129 Å². The third kappa shape index (κ3) is 6.43. The summed E-state index contributed by atoms with van der Waals surface area (Å²) in [5, 5.41) is 28.8. The van der Waals surface area contributed by atoms with Gasteiger partial charge in [0.05, 0.1) is 10.4 Å². The first-order chi connectivity index (χ1) is 14.3. The fraction of sp³-hybridized carbons (Fsp3) is 0.300. The maximum atomic E-state index is 9.55. The summed E-state index contributed by atoms with van der Waals surface area (Å²) in [7, 11) is 0. The van der Waals surface area contributed by atoms with Crippen LogP contribution in [-0.2, 0) is 9.59 Å². The van der Waals surface area contributed by atoms with Gasteiger partial charge >= 0.3 is 11.9 Å². The Morgan fingerprint density at radius 1 is 1.13 bits per heavy atom. The van der Waals surface area contributed by atoms with E-state index in [9.17, 15) is 9.59 Å². The van der Waals surface area contributed by atoms with Gasteiger partial charge in [0, 0.05) is 31.3 Å². The van der Waals surface area contributed by atoms with Crippen molar-refractivity contribution in [2.24, 2.45) is 0 Å². The van der Waals surface area contributed by atoms with Gasteiger partial charge in [0.2, 0.25) is 0 Å². The number of nitrogens with one attached hydrogen (secondary N) is 1. The van der Waals surface area contributed by atoms with E-state index in [1.807, 2.05) is 24.3 Å². The van der Waals surface area contributed by atoms with Crippen LogP contribution < -0.4 is 5.32 Å². The number of carbonyl (C=O) groups is 2. The van der Waals surface area contributed by atoms with Crippen LogP contribution in [0.15, 0.2) is 40.8 Å². The third-order valence-corrected chi connectivity index (χ3v) is 4.50. The van der Waals surface area contributed by atoms with E-state index < -0.39 is 11.9 Å². The Bertz CT molecular complexity index is 1030. The average molecular weight is 435 g/mol. The summed E-state index contributed by atoms with van der Waals surface area (Å²) in [6, 6.07) is 7.46. The number of carboxylic acids is 2. The number of carboxylic acid groups (broad SMARTS) is 2. The van der Waals surface area contributed by atoms with Gasteiger partial charge in [-0.2, -0.15) is 0 Å². The molecule has 0 fully saturated rings. The molecule has 9 nitrogen and oxygen atoms in total. The smallest absolute Gasteiger partial charge is 0.328 e. The van der Waals surface area contributed by atoms with Crippen LogP contribution in [0.25, 0.3) is 22.1 Å².